The van der Waals surface area contributed by atoms with Crippen LogP contribution in [0.1, 0.15) is 45.4 Å². The fourth-order valence-corrected chi connectivity index (χ4v) is 5.96. The van der Waals surface area contributed by atoms with Gasteiger partial charge < -0.3 is 15.4 Å². The number of hydrogen-bond acceptors (Lipinski definition) is 2. The Morgan fingerprint density at radius 3 is 2.29 bits per heavy atom. The second-order valence-electron chi connectivity index (χ2n) is 8.30. The topological polar surface area (TPSA) is 50.4 Å². The molecule has 1 atom stereocenters. The van der Waals surface area contributed by atoms with Crippen molar-refractivity contribution < 1.29 is 9.53 Å². The van der Waals surface area contributed by atoms with Crippen LogP contribution in [0.2, 0.25) is 0 Å². The zero-order valence-electron chi connectivity index (χ0n) is 14.7. The van der Waals surface area contributed by atoms with Crippen molar-refractivity contribution in [1.29, 1.82) is 0 Å². The van der Waals surface area contributed by atoms with E-state index in [1.165, 1.54) is 38.5 Å². The van der Waals surface area contributed by atoms with Gasteiger partial charge in [-0.05, 0) is 80.8 Å². The van der Waals surface area contributed by atoms with E-state index in [0.29, 0.717) is 11.2 Å². The van der Waals surface area contributed by atoms with E-state index in [4.69, 9.17) is 4.74 Å². The summed E-state index contributed by atoms with van der Waals surface area (Å²) < 4.78 is 5.31. The van der Waals surface area contributed by atoms with Crippen LogP contribution in [0.25, 0.3) is 0 Å². The summed E-state index contributed by atoms with van der Waals surface area (Å²) in [7, 11) is 1.62. The Hall–Kier alpha value is -1.71. The number of ether oxygens (including phenoxy) is 1. The molecular weight excluding hydrogens is 300 g/mol. The maximum atomic E-state index is 12.5. The summed E-state index contributed by atoms with van der Waals surface area (Å²) in [5.74, 6) is 3.39. The van der Waals surface area contributed by atoms with E-state index in [0.717, 1.165) is 23.4 Å². The third-order valence-corrected chi connectivity index (χ3v) is 6.71. The average Bonchev–Trinajstić information content (AvgIpc) is 2.54. The Balaban J connectivity index is 1.42. The average molecular weight is 328 g/mol. The van der Waals surface area contributed by atoms with Gasteiger partial charge in [0.25, 0.3) is 0 Å². The first-order valence-electron chi connectivity index (χ1n) is 9.28. The van der Waals surface area contributed by atoms with Crippen LogP contribution in [0.4, 0.5) is 10.5 Å². The van der Waals surface area contributed by atoms with Crippen LogP contribution in [-0.2, 0) is 0 Å². The molecule has 0 radical (unpaired) electrons. The third-order valence-electron chi connectivity index (χ3n) is 6.71. The van der Waals surface area contributed by atoms with E-state index < -0.39 is 0 Å². The van der Waals surface area contributed by atoms with Crippen molar-refractivity contribution in [1.82, 2.24) is 5.32 Å². The Kier molecular flexibility index (Phi) is 3.93. The lowest BCUT2D eigenvalue weighted by Gasteiger charge is -2.59. The molecule has 0 spiro atoms. The summed E-state index contributed by atoms with van der Waals surface area (Å²) >= 11 is 0. The molecule has 0 aliphatic heterocycles. The molecule has 4 heteroatoms. The number of carbonyl (C=O) groups is 1. The molecule has 130 valence electrons. The molecule has 2 amide bonds. The van der Waals surface area contributed by atoms with Crippen LogP contribution in [0.5, 0.6) is 5.75 Å². The SMILES string of the molecule is COc1ccccc1NC(=O)NC(C)C12CC3CC(CC(C3)C1)C2. The van der Waals surface area contributed by atoms with Crippen molar-refractivity contribution in [3.05, 3.63) is 24.3 Å². The highest BCUT2D eigenvalue weighted by Crippen LogP contribution is 2.61. The molecule has 2 N–H and O–H groups in total. The number of methoxy groups -OCH3 is 1. The Morgan fingerprint density at radius 2 is 1.71 bits per heavy atom. The normalized spacial score (nSPS) is 34.7. The number of anilines is 1. The third kappa shape index (κ3) is 2.76. The molecular formula is C20H28N2O2. The van der Waals surface area contributed by atoms with Crippen LogP contribution in [0.15, 0.2) is 24.3 Å². The number of hydrogen-bond donors (Lipinski definition) is 2. The van der Waals surface area contributed by atoms with Crippen molar-refractivity contribution in [3.63, 3.8) is 0 Å². The molecule has 0 heterocycles. The first-order chi connectivity index (χ1) is 11.6. The summed E-state index contributed by atoms with van der Waals surface area (Å²) in [5.41, 5.74) is 1.04. The summed E-state index contributed by atoms with van der Waals surface area (Å²) in [6.07, 6.45) is 8.19. The minimum absolute atomic E-state index is 0.122. The van der Waals surface area contributed by atoms with Gasteiger partial charge in [0.15, 0.2) is 0 Å². The highest BCUT2D eigenvalue weighted by Gasteiger charge is 2.53. The number of urea groups is 1. The molecule has 1 aromatic carbocycles. The number of benzene rings is 1. The van der Waals surface area contributed by atoms with Gasteiger partial charge in [-0.25, -0.2) is 4.79 Å². The molecule has 0 aromatic heterocycles. The molecule has 24 heavy (non-hydrogen) atoms. The van der Waals surface area contributed by atoms with E-state index in [9.17, 15) is 4.79 Å². The standard InChI is InChI=1S/C20H28N2O2/c1-13(20-10-14-7-15(11-20)9-16(8-14)12-20)21-19(23)22-17-5-3-4-6-18(17)24-2/h3-6,13-16H,7-12H2,1-2H3,(H2,21,22,23). The van der Waals surface area contributed by atoms with Crippen molar-refractivity contribution >= 4 is 11.7 Å². The minimum Gasteiger partial charge on any atom is -0.495 e. The molecule has 4 fully saturated rings. The summed E-state index contributed by atoms with van der Waals surface area (Å²) in [5, 5.41) is 6.18. The van der Waals surface area contributed by atoms with Crippen LogP contribution < -0.4 is 15.4 Å². The van der Waals surface area contributed by atoms with Crippen LogP contribution in [0.3, 0.4) is 0 Å². The summed E-state index contributed by atoms with van der Waals surface area (Å²) in [6.45, 7) is 2.20. The van der Waals surface area contributed by atoms with Gasteiger partial charge in [-0.15, -0.1) is 0 Å². The number of para-hydroxylation sites is 2. The van der Waals surface area contributed by atoms with Gasteiger partial charge in [-0.2, -0.15) is 0 Å². The van der Waals surface area contributed by atoms with Crippen molar-refractivity contribution in [3.8, 4) is 5.75 Å². The summed E-state index contributed by atoms with van der Waals surface area (Å²) in [6, 6.07) is 7.63. The monoisotopic (exact) mass is 328 g/mol. The summed E-state index contributed by atoms with van der Waals surface area (Å²) in [4.78, 5) is 12.5. The lowest BCUT2D eigenvalue weighted by atomic mass is 9.48. The van der Waals surface area contributed by atoms with Gasteiger partial charge in [-0.3, -0.25) is 0 Å². The van der Waals surface area contributed by atoms with Crippen LogP contribution in [0, 0.1) is 23.2 Å². The highest BCUT2D eigenvalue weighted by atomic mass is 16.5. The fraction of sp³-hybridized carbons (Fsp3) is 0.650. The van der Waals surface area contributed by atoms with E-state index in [-0.39, 0.29) is 12.1 Å². The fourth-order valence-electron chi connectivity index (χ4n) is 5.96. The van der Waals surface area contributed by atoms with Gasteiger partial charge in [-0.1, -0.05) is 12.1 Å². The largest absolute Gasteiger partial charge is 0.495 e. The molecule has 4 nitrogen and oxygen atoms in total. The van der Waals surface area contributed by atoms with Crippen LogP contribution >= 0.6 is 0 Å². The maximum absolute atomic E-state index is 12.5. The number of rotatable bonds is 4. The Bertz CT molecular complexity index is 593. The molecule has 0 saturated heterocycles. The van der Waals surface area contributed by atoms with Gasteiger partial charge >= 0.3 is 6.03 Å². The number of carbonyl (C=O) groups excluding carboxylic acids is 1. The lowest BCUT2D eigenvalue weighted by Crippen LogP contribution is -2.56. The molecule has 4 bridgehead atoms. The van der Waals surface area contributed by atoms with E-state index in [1.807, 2.05) is 24.3 Å². The predicted octanol–water partition coefficient (Wildman–Crippen LogP) is 4.42. The van der Waals surface area contributed by atoms with E-state index in [2.05, 4.69) is 17.6 Å². The Morgan fingerprint density at radius 1 is 1.12 bits per heavy atom. The van der Waals surface area contributed by atoms with Gasteiger partial charge in [0.1, 0.15) is 5.75 Å². The molecule has 4 saturated carbocycles. The number of nitrogens with one attached hydrogen (secondary N) is 2. The molecule has 4 aliphatic carbocycles. The molecule has 5 rings (SSSR count). The predicted molar refractivity (Wildman–Crippen MR) is 95.2 cm³/mol. The zero-order chi connectivity index (χ0) is 16.7. The second kappa shape index (κ2) is 5.98. The lowest BCUT2D eigenvalue weighted by molar-refractivity contribution is -0.0679. The van der Waals surface area contributed by atoms with E-state index >= 15 is 0 Å². The quantitative estimate of drug-likeness (QED) is 0.859. The minimum atomic E-state index is -0.122. The maximum Gasteiger partial charge on any atom is 0.319 e. The molecule has 1 aromatic rings. The second-order valence-corrected chi connectivity index (χ2v) is 8.30. The first kappa shape index (κ1) is 15.8. The smallest absolute Gasteiger partial charge is 0.319 e. The zero-order valence-corrected chi connectivity index (χ0v) is 14.7. The van der Waals surface area contributed by atoms with Crippen molar-refractivity contribution in [2.75, 3.05) is 12.4 Å². The van der Waals surface area contributed by atoms with Gasteiger partial charge in [0.2, 0.25) is 0 Å². The van der Waals surface area contributed by atoms with Crippen molar-refractivity contribution in [2.24, 2.45) is 23.2 Å². The van der Waals surface area contributed by atoms with Gasteiger partial charge in [0.05, 0.1) is 12.8 Å². The molecule has 4 aliphatic rings. The highest BCUT2D eigenvalue weighted by molar-refractivity contribution is 5.91. The van der Waals surface area contributed by atoms with Gasteiger partial charge in [0, 0.05) is 6.04 Å². The van der Waals surface area contributed by atoms with Crippen molar-refractivity contribution in [2.45, 2.75) is 51.5 Å². The van der Waals surface area contributed by atoms with E-state index in [1.54, 1.807) is 7.11 Å². The first-order valence-corrected chi connectivity index (χ1v) is 9.28. The van der Waals surface area contributed by atoms with Crippen LogP contribution in [-0.4, -0.2) is 19.2 Å². The number of amides is 2. The molecule has 1 unspecified atom stereocenters. The Labute approximate surface area is 144 Å².